The number of carbonyl (C=O) groups excluding carboxylic acids is 3. The zero-order chi connectivity index (χ0) is 21.8. The third kappa shape index (κ3) is 4.91. The van der Waals surface area contributed by atoms with E-state index in [1.165, 1.54) is 11.8 Å². The van der Waals surface area contributed by atoms with E-state index in [2.05, 4.69) is 10.6 Å². The van der Waals surface area contributed by atoms with Crippen molar-refractivity contribution in [2.75, 3.05) is 18.6 Å². The van der Waals surface area contributed by atoms with E-state index in [0.29, 0.717) is 17.5 Å². The van der Waals surface area contributed by atoms with Gasteiger partial charge in [-0.3, -0.25) is 14.4 Å². The number of carbonyl (C=O) groups is 3. The van der Waals surface area contributed by atoms with Crippen LogP contribution in [0.15, 0.2) is 42.5 Å². The second-order valence-electron chi connectivity index (χ2n) is 6.98. The predicted octanol–water partition coefficient (Wildman–Crippen LogP) is 1.55. The van der Waals surface area contributed by atoms with Crippen molar-refractivity contribution in [1.29, 1.82) is 0 Å². The molecule has 30 heavy (non-hydrogen) atoms. The summed E-state index contributed by atoms with van der Waals surface area (Å²) in [5, 5.41) is 5.03. The van der Waals surface area contributed by atoms with Gasteiger partial charge in [-0.1, -0.05) is 12.1 Å². The van der Waals surface area contributed by atoms with Crippen LogP contribution in [0.4, 0.5) is 14.5 Å². The summed E-state index contributed by atoms with van der Waals surface area (Å²) in [7, 11) is 1.58. The minimum atomic E-state index is -0.973. The molecular formula is C21H21F2N3O4. The molecule has 0 aromatic heterocycles. The Labute approximate surface area is 172 Å². The fourth-order valence-electron chi connectivity index (χ4n) is 3.11. The Morgan fingerprint density at radius 3 is 2.57 bits per heavy atom. The van der Waals surface area contributed by atoms with E-state index < -0.39 is 35.5 Å². The molecular weight excluding hydrogens is 396 g/mol. The molecule has 0 fully saturated rings. The summed E-state index contributed by atoms with van der Waals surface area (Å²) in [6.07, 6.45) is -0.296. The van der Waals surface area contributed by atoms with E-state index in [0.717, 1.165) is 12.1 Å². The number of benzene rings is 2. The molecule has 0 unspecified atom stereocenters. The van der Waals surface area contributed by atoms with Gasteiger partial charge in [0.2, 0.25) is 11.8 Å². The number of fused-ring (bicyclic) bond motifs is 1. The van der Waals surface area contributed by atoms with Crippen LogP contribution in [0.3, 0.4) is 0 Å². The molecule has 2 atom stereocenters. The summed E-state index contributed by atoms with van der Waals surface area (Å²) >= 11 is 0. The van der Waals surface area contributed by atoms with E-state index >= 15 is 0 Å². The van der Waals surface area contributed by atoms with Crippen LogP contribution in [-0.2, 0) is 20.8 Å². The van der Waals surface area contributed by atoms with Gasteiger partial charge < -0.3 is 20.3 Å². The fourth-order valence-corrected chi connectivity index (χ4v) is 3.11. The molecule has 0 radical (unpaired) electrons. The molecule has 0 spiro atoms. The normalized spacial score (nSPS) is 16.7. The van der Waals surface area contributed by atoms with Gasteiger partial charge in [-0.2, -0.15) is 0 Å². The molecule has 2 aromatic rings. The van der Waals surface area contributed by atoms with Crippen molar-refractivity contribution in [2.45, 2.75) is 25.4 Å². The molecule has 2 N–H and O–H groups in total. The molecule has 0 saturated carbocycles. The first-order valence-corrected chi connectivity index (χ1v) is 9.28. The number of likely N-dealkylation sites (N-methyl/N-ethyl adjacent to an activating group) is 1. The second-order valence-corrected chi connectivity index (χ2v) is 6.98. The Kier molecular flexibility index (Phi) is 6.29. The van der Waals surface area contributed by atoms with E-state index in [1.807, 2.05) is 0 Å². The van der Waals surface area contributed by atoms with E-state index in [1.54, 1.807) is 31.3 Å². The maximum absolute atomic E-state index is 13.2. The molecule has 3 amide bonds. The van der Waals surface area contributed by atoms with Gasteiger partial charge in [0.1, 0.15) is 36.1 Å². The van der Waals surface area contributed by atoms with E-state index in [-0.39, 0.29) is 24.5 Å². The lowest BCUT2D eigenvalue weighted by Gasteiger charge is -2.22. The first kappa shape index (κ1) is 21.2. The minimum Gasteiger partial charge on any atom is -0.489 e. The van der Waals surface area contributed by atoms with Crippen molar-refractivity contribution >= 4 is 23.4 Å². The van der Waals surface area contributed by atoms with E-state index in [4.69, 9.17) is 4.74 Å². The van der Waals surface area contributed by atoms with Gasteiger partial charge in [0.25, 0.3) is 5.91 Å². The number of nitrogens with zero attached hydrogens (tertiary/aromatic N) is 1. The van der Waals surface area contributed by atoms with Gasteiger partial charge in [0.05, 0.1) is 12.1 Å². The van der Waals surface area contributed by atoms with Gasteiger partial charge in [0.15, 0.2) is 0 Å². The number of anilines is 1. The van der Waals surface area contributed by atoms with Crippen molar-refractivity contribution < 1.29 is 27.9 Å². The molecule has 7 nitrogen and oxygen atoms in total. The van der Waals surface area contributed by atoms with Gasteiger partial charge in [-0.15, -0.1) is 0 Å². The summed E-state index contributed by atoms with van der Waals surface area (Å²) < 4.78 is 32.1. The molecule has 0 bridgehead atoms. The lowest BCUT2D eigenvalue weighted by molar-refractivity contribution is -0.131. The number of halogens is 2. The smallest absolute Gasteiger partial charge is 0.252 e. The van der Waals surface area contributed by atoms with Gasteiger partial charge in [-0.25, -0.2) is 8.78 Å². The van der Waals surface area contributed by atoms with Crippen molar-refractivity contribution in [1.82, 2.24) is 10.6 Å². The standard InChI is InChI=1S/C21H21F2N3O4/c1-12(24-19(27)9-13-7-14(22)10-15(23)8-13)20(28)25-16-11-30-18-6-4-3-5-17(18)26(2)21(16)29/h3-8,10,12,16H,9,11H2,1-2H3,(H,24,27)(H,25,28)/t12-,16-/m0/s1. The Morgan fingerprint density at radius 2 is 1.87 bits per heavy atom. The van der Waals surface area contributed by atoms with Crippen molar-refractivity contribution in [2.24, 2.45) is 0 Å². The third-order valence-electron chi connectivity index (χ3n) is 4.64. The average molecular weight is 417 g/mol. The second kappa shape index (κ2) is 8.89. The SMILES string of the molecule is C[C@H](NC(=O)Cc1cc(F)cc(F)c1)C(=O)N[C@H]1COc2ccccc2N(C)C1=O. The molecule has 1 aliphatic rings. The monoisotopic (exact) mass is 417 g/mol. The highest BCUT2D eigenvalue weighted by atomic mass is 19.1. The van der Waals surface area contributed by atoms with Crippen molar-refractivity contribution in [3.8, 4) is 5.75 Å². The number of rotatable bonds is 5. The zero-order valence-corrected chi connectivity index (χ0v) is 16.4. The maximum atomic E-state index is 13.2. The average Bonchev–Trinajstić information content (AvgIpc) is 2.79. The van der Waals surface area contributed by atoms with Gasteiger partial charge >= 0.3 is 0 Å². The number of amides is 3. The molecule has 3 rings (SSSR count). The molecule has 158 valence electrons. The Bertz CT molecular complexity index is 962. The summed E-state index contributed by atoms with van der Waals surface area (Å²) in [4.78, 5) is 38.7. The number of ether oxygens (including phenoxy) is 1. The summed E-state index contributed by atoms with van der Waals surface area (Å²) in [5.41, 5.74) is 0.729. The summed E-state index contributed by atoms with van der Waals surface area (Å²) in [6.45, 7) is 1.38. The Morgan fingerprint density at radius 1 is 1.20 bits per heavy atom. The van der Waals surface area contributed by atoms with E-state index in [9.17, 15) is 23.2 Å². The summed E-state index contributed by atoms with van der Waals surface area (Å²) in [5.74, 6) is -2.59. The molecule has 2 aromatic carbocycles. The maximum Gasteiger partial charge on any atom is 0.252 e. The predicted molar refractivity (Wildman–Crippen MR) is 105 cm³/mol. The first-order valence-electron chi connectivity index (χ1n) is 9.28. The van der Waals surface area contributed by atoms with Crippen LogP contribution in [0.1, 0.15) is 12.5 Å². The van der Waals surface area contributed by atoms with Crippen LogP contribution in [0.25, 0.3) is 0 Å². The zero-order valence-electron chi connectivity index (χ0n) is 16.4. The number of nitrogens with one attached hydrogen (secondary N) is 2. The lowest BCUT2D eigenvalue weighted by Crippen LogP contribution is -2.54. The number of para-hydroxylation sites is 2. The topological polar surface area (TPSA) is 87.7 Å². The number of hydrogen-bond donors (Lipinski definition) is 2. The third-order valence-corrected chi connectivity index (χ3v) is 4.64. The highest BCUT2D eigenvalue weighted by Gasteiger charge is 2.31. The minimum absolute atomic E-state index is 0.0604. The highest BCUT2D eigenvalue weighted by Crippen LogP contribution is 2.29. The molecule has 1 aliphatic heterocycles. The Balaban J connectivity index is 1.58. The Hall–Kier alpha value is -3.49. The largest absolute Gasteiger partial charge is 0.489 e. The van der Waals surface area contributed by atoms with Crippen LogP contribution in [0.2, 0.25) is 0 Å². The fraction of sp³-hybridized carbons (Fsp3) is 0.286. The summed E-state index contributed by atoms with van der Waals surface area (Å²) in [6, 6.07) is 7.89. The van der Waals surface area contributed by atoms with Crippen LogP contribution in [0, 0.1) is 11.6 Å². The van der Waals surface area contributed by atoms with Crippen LogP contribution in [0.5, 0.6) is 5.75 Å². The van der Waals surface area contributed by atoms with Gasteiger partial charge in [0, 0.05) is 13.1 Å². The molecule has 0 aliphatic carbocycles. The first-order chi connectivity index (χ1) is 14.2. The molecule has 9 heteroatoms. The van der Waals surface area contributed by atoms with Crippen LogP contribution >= 0.6 is 0 Å². The van der Waals surface area contributed by atoms with Crippen LogP contribution in [-0.4, -0.2) is 43.5 Å². The molecule has 0 saturated heterocycles. The quantitative estimate of drug-likeness (QED) is 0.773. The van der Waals surface area contributed by atoms with Crippen LogP contribution < -0.4 is 20.3 Å². The molecule has 1 heterocycles. The number of hydrogen-bond acceptors (Lipinski definition) is 4. The van der Waals surface area contributed by atoms with Crippen molar-refractivity contribution in [3.63, 3.8) is 0 Å². The lowest BCUT2D eigenvalue weighted by atomic mass is 10.1. The van der Waals surface area contributed by atoms with Gasteiger partial charge in [-0.05, 0) is 36.8 Å². The van der Waals surface area contributed by atoms with Crippen molar-refractivity contribution in [3.05, 3.63) is 59.7 Å². The highest BCUT2D eigenvalue weighted by molar-refractivity contribution is 6.01.